The van der Waals surface area contributed by atoms with Gasteiger partial charge in [-0.05, 0) is 36.3 Å². The summed E-state index contributed by atoms with van der Waals surface area (Å²) in [5.41, 5.74) is 1.96. The quantitative estimate of drug-likeness (QED) is 0.652. The minimum atomic E-state index is -1.87. The Balaban J connectivity index is 1.64. The number of nitrogens with one attached hydrogen (secondary N) is 1. The number of rotatable bonds is 7. The van der Waals surface area contributed by atoms with Gasteiger partial charge in [0.05, 0.1) is 30.4 Å². The number of benzene rings is 1. The molecular weight excluding hydrogens is 415 g/mol. The lowest BCUT2D eigenvalue weighted by molar-refractivity contribution is -0.119. The number of hydrogen-bond acceptors (Lipinski definition) is 5. The Bertz CT molecular complexity index is 926. The van der Waals surface area contributed by atoms with Gasteiger partial charge in [0.25, 0.3) is 0 Å². The SMILES string of the molecule is CC(=O)NC[C@H]1CN(c2ccc(-n3cnc(CO[Si](C)(C)C(C)(C)C)c3)c(F)c2)CO1. The van der Waals surface area contributed by atoms with E-state index >= 15 is 0 Å². The lowest BCUT2D eigenvalue weighted by atomic mass is 10.2. The highest BCUT2D eigenvalue weighted by Gasteiger charge is 2.37. The van der Waals surface area contributed by atoms with Crippen molar-refractivity contribution in [2.24, 2.45) is 0 Å². The van der Waals surface area contributed by atoms with Crippen molar-refractivity contribution in [3.05, 3.63) is 42.2 Å². The van der Waals surface area contributed by atoms with Crippen molar-refractivity contribution in [2.45, 2.75) is 58.5 Å². The zero-order valence-electron chi connectivity index (χ0n) is 19.2. The van der Waals surface area contributed by atoms with Crippen molar-refractivity contribution in [2.75, 3.05) is 24.7 Å². The van der Waals surface area contributed by atoms with Crippen LogP contribution in [0.5, 0.6) is 0 Å². The molecule has 7 nitrogen and oxygen atoms in total. The minimum absolute atomic E-state index is 0.0909. The molecule has 0 spiro atoms. The monoisotopic (exact) mass is 448 g/mol. The van der Waals surface area contributed by atoms with E-state index in [9.17, 15) is 9.18 Å². The Morgan fingerprint density at radius 3 is 2.77 bits per heavy atom. The molecule has 1 aliphatic rings. The lowest BCUT2D eigenvalue weighted by Gasteiger charge is -2.35. The second-order valence-corrected chi connectivity index (χ2v) is 14.3. The van der Waals surface area contributed by atoms with E-state index in [-0.39, 0.29) is 22.9 Å². The van der Waals surface area contributed by atoms with Gasteiger partial charge in [-0.2, -0.15) is 0 Å². The number of ether oxygens (including phenoxy) is 1. The van der Waals surface area contributed by atoms with Crippen molar-refractivity contribution in [3.63, 3.8) is 0 Å². The highest BCUT2D eigenvalue weighted by atomic mass is 28.4. The summed E-state index contributed by atoms with van der Waals surface area (Å²) < 4.78 is 28.5. The average Bonchev–Trinajstić information content (AvgIpc) is 3.33. The van der Waals surface area contributed by atoms with Crippen LogP contribution in [0.4, 0.5) is 10.1 Å². The van der Waals surface area contributed by atoms with Crippen LogP contribution >= 0.6 is 0 Å². The molecule has 1 aliphatic heterocycles. The van der Waals surface area contributed by atoms with E-state index in [0.29, 0.717) is 32.1 Å². The van der Waals surface area contributed by atoms with Gasteiger partial charge in [0, 0.05) is 31.9 Å². The maximum absolute atomic E-state index is 14.9. The third-order valence-corrected chi connectivity index (χ3v) is 10.5. The number of halogens is 1. The summed E-state index contributed by atoms with van der Waals surface area (Å²) in [6.45, 7) is 14.3. The summed E-state index contributed by atoms with van der Waals surface area (Å²) in [5, 5.41) is 2.87. The predicted octanol–water partition coefficient (Wildman–Crippen LogP) is 3.83. The fourth-order valence-corrected chi connectivity index (χ4v) is 3.99. The zero-order valence-corrected chi connectivity index (χ0v) is 20.2. The lowest BCUT2D eigenvalue weighted by Crippen LogP contribution is -2.40. The van der Waals surface area contributed by atoms with Crippen LogP contribution in [-0.4, -0.2) is 49.7 Å². The first kappa shape index (κ1) is 23.4. The van der Waals surface area contributed by atoms with Gasteiger partial charge >= 0.3 is 0 Å². The van der Waals surface area contributed by atoms with Crippen molar-refractivity contribution >= 4 is 19.9 Å². The summed E-state index contributed by atoms with van der Waals surface area (Å²) in [4.78, 5) is 17.4. The van der Waals surface area contributed by atoms with Crippen molar-refractivity contribution in [1.29, 1.82) is 0 Å². The summed E-state index contributed by atoms with van der Waals surface area (Å²) in [6, 6.07) is 5.12. The van der Waals surface area contributed by atoms with E-state index in [4.69, 9.17) is 9.16 Å². The third kappa shape index (κ3) is 5.72. The molecule has 2 aromatic rings. The van der Waals surface area contributed by atoms with Gasteiger partial charge in [-0.3, -0.25) is 4.79 Å². The van der Waals surface area contributed by atoms with Crippen LogP contribution < -0.4 is 10.2 Å². The van der Waals surface area contributed by atoms with E-state index in [1.165, 1.54) is 13.0 Å². The summed E-state index contributed by atoms with van der Waals surface area (Å²) in [5.74, 6) is -0.427. The summed E-state index contributed by atoms with van der Waals surface area (Å²) in [7, 11) is -1.87. The topological polar surface area (TPSA) is 68.6 Å². The van der Waals surface area contributed by atoms with Crippen molar-refractivity contribution in [1.82, 2.24) is 14.9 Å². The van der Waals surface area contributed by atoms with Crippen LogP contribution in [-0.2, 0) is 20.6 Å². The van der Waals surface area contributed by atoms with Gasteiger partial charge in [0.1, 0.15) is 12.5 Å². The minimum Gasteiger partial charge on any atom is -0.411 e. The van der Waals surface area contributed by atoms with Crippen LogP contribution in [0.1, 0.15) is 33.4 Å². The molecule has 0 aliphatic carbocycles. The van der Waals surface area contributed by atoms with E-state index < -0.39 is 8.32 Å². The molecule has 1 amide bonds. The largest absolute Gasteiger partial charge is 0.411 e. The van der Waals surface area contributed by atoms with E-state index in [0.717, 1.165) is 11.4 Å². The number of nitrogens with zero attached hydrogens (tertiary/aromatic N) is 3. The molecule has 3 rings (SSSR count). The van der Waals surface area contributed by atoms with Gasteiger partial charge in [-0.15, -0.1) is 0 Å². The number of amides is 1. The number of aromatic nitrogens is 2. The number of carbonyl (C=O) groups excluding carboxylic acids is 1. The highest BCUT2D eigenvalue weighted by Crippen LogP contribution is 2.37. The molecule has 1 atom stereocenters. The van der Waals surface area contributed by atoms with Crippen LogP contribution in [0.15, 0.2) is 30.7 Å². The number of hydrogen-bond donors (Lipinski definition) is 1. The Labute approximate surface area is 184 Å². The standard InChI is InChI=1S/C22H33FN4O3Si/c1-16(28)24-10-19-12-27(15-29-19)18-7-8-21(20(23)9-18)26-11-17(25-14-26)13-30-31(5,6)22(2,3)4/h7-9,11,14,19H,10,12-13,15H2,1-6H3,(H,24,28)/t19-/m0/s1. The Kier molecular flexibility index (Phi) is 6.87. The van der Waals surface area contributed by atoms with Crippen LogP contribution in [0.2, 0.25) is 18.1 Å². The highest BCUT2D eigenvalue weighted by molar-refractivity contribution is 6.74. The molecule has 1 saturated heterocycles. The molecule has 0 bridgehead atoms. The Morgan fingerprint density at radius 2 is 2.13 bits per heavy atom. The maximum Gasteiger partial charge on any atom is 0.216 e. The smallest absolute Gasteiger partial charge is 0.216 e. The number of carbonyl (C=O) groups is 1. The first-order valence-corrected chi connectivity index (χ1v) is 13.4. The van der Waals surface area contributed by atoms with Crippen molar-refractivity contribution in [3.8, 4) is 5.69 Å². The second-order valence-electron chi connectivity index (χ2n) is 9.53. The molecular formula is C22H33FN4O3Si. The fourth-order valence-electron chi connectivity index (χ4n) is 3.05. The normalized spacial score (nSPS) is 17.3. The molecule has 170 valence electrons. The first-order chi connectivity index (χ1) is 14.5. The van der Waals surface area contributed by atoms with Crippen LogP contribution in [0.25, 0.3) is 5.69 Å². The molecule has 2 heterocycles. The van der Waals surface area contributed by atoms with Gasteiger partial charge in [-0.25, -0.2) is 9.37 Å². The summed E-state index contributed by atoms with van der Waals surface area (Å²) >= 11 is 0. The third-order valence-electron chi connectivity index (χ3n) is 6.07. The molecule has 0 radical (unpaired) electrons. The van der Waals surface area contributed by atoms with Crippen molar-refractivity contribution < 1.29 is 18.3 Å². The molecule has 1 aromatic carbocycles. The molecule has 1 N–H and O–H groups in total. The van der Waals surface area contributed by atoms with E-state index in [2.05, 4.69) is 44.2 Å². The summed E-state index contributed by atoms with van der Waals surface area (Å²) in [6.07, 6.45) is 3.32. The van der Waals surface area contributed by atoms with Gasteiger partial charge in [0.2, 0.25) is 5.91 Å². The van der Waals surface area contributed by atoms with E-state index in [1.807, 2.05) is 17.2 Å². The zero-order chi connectivity index (χ0) is 22.8. The van der Waals surface area contributed by atoms with Crippen LogP contribution in [0.3, 0.4) is 0 Å². The number of imidazole rings is 1. The Hall–Kier alpha value is -2.23. The molecule has 1 aromatic heterocycles. The van der Waals surface area contributed by atoms with Gasteiger partial charge < -0.3 is 23.9 Å². The predicted molar refractivity (Wildman–Crippen MR) is 121 cm³/mol. The first-order valence-electron chi connectivity index (χ1n) is 10.5. The molecule has 9 heteroatoms. The van der Waals surface area contributed by atoms with E-state index in [1.54, 1.807) is 17.0 Å². The molecule has 1 fully saturated rings. The fraction of sp³-hybridized carbons (Fsp3) is 0.545. The van der Waals surface area contributed by atoms with Gasteiger partial charge in [-0.1, -0.05) is 20.8 Å². The second kappa shape index (κ2) is 9.10. The molecule has 0 saturated carbocycles. The molecule has 0 unspecified atom stereocenters. The number of anilines is 1. The molecule has 31 heavy (non-hydrogen) atoms. The van der Waals surface area contributed by atoms with Crippen LogP contribution in [0, 0.1) is 5.82 Å². The maximum atomic E-state index is 14.9. The average molecular weight is 449 g/mol. The van der Waals surface area contributed by atoms with Gasteiger partial charge in [0.15, 0.2) is 8.32 Å². The Morgan fingerprint density at radius 1 is 1.39 bits per heavy atom.